The molecular formula is C20H22N4O7S2. The van der Waals surface area contributed by atoms with E-state index in [9.17, 15) is 31.7 Å². The molecule has 0 unspecified atom stereocenters. The van der Waals surface area contributed by atoms with Crippen LogP contribution in [0.4, 0.5) is 11.4 Å². The number of anilines is 1. The van der Waals surface area contributed by atoms with Gasteiger partial charge in [-0.3, -0.25) is 19.2 Å². The van der Waals surface area contributed by atoms with Gasteiger partial charge in [0.15, 0.2) is 0 Å². The first-order chi connectivity index (χ1) is 15.6. The highest BCUT2D eigenvalue weighted by atomic mass is 32.2. The van der Waals surface area contributed by atoms with Crippen LogP contribution < -0.4 is 4.31 Å². The van der Waals surface area contributed by atoms with Gasteiger partial charge >= 0.3 is 0 Å². The highest BCUT2D eigenvalue weighted by Gasteiger charge is 2.31. The van der Waals surface area contributed by atoms with Gasteiger partial charge in [0, 0.05) is 50.4 Å². The van der Waals surface area contributed by atoms with Crippen LogP contribution in [0.3, 0.4) is 0 Å². The third-order valence-electron chi connectivity index (χ3n) is 5.71. The number of carbonyl (C=O) groups is 1. The van der Waals surface area contributed by atoms with E-state index in [2.05, 4.69) is 0 Å². The van der Waals surface area contributed by atoms with Crippen LogP contribution in [-0.2, 0) is 20.0 Å². The maximum atomic E-state index is 12.8. The van der Waals surface area contributed by atoms with Gasteiger partial charge in [0.05, 0.1) is 21.3 Å². The van der Waals surface area contributed by atoms with Crippen LogP contribution in [0.15, 0.2) is 53.4 Å². The molecule has 0 bridgehead atoms. The Kier molecular flexibility index (Phi) is 6.12. The van der Waals surface area contributed by atoms with Crippen molar-refractivity contribution in [3.8, 4) is 0 Å². The smallest absolute Gasteiger partial charge is 0.269 e. The number of sulfonamides is 2. The summed E-state index contributed by atoms with van der Waals surface area (Å²) in [6, 6.07) is 11.0. The van der Waals surface area contributed by atoms with Crippen molar-refractivity contribution in [2.45, 2.75) is 11.3 Å². The first-order valence-corrected chi connectivity index (χ1v) is 13.3. The second-order valence-electron chi connectivity index (χ2n) is 7.74. The van der Waals surface area contributed by atoms with E-state index >= 15 is 0 Å². The Labute approximate surface area is 191 Å². The van der Waals surface area contributed by atoms with E-state index in [1.165, 1.54) is 20.7 Å². The topological polar surface area (TPSA) is 138 Å². The molecule has 0 aromatic heterocycles. The molecule has 0 saturated carbocycles. The summed E-state index contributed by atoms with van der Waals surface area (Å²) in [7, 11) is -7.14. The Morgan fingerprint density at radius 1 is 0.909 bits per heavy atom. The molecule has 11 nitrogen and oxygen atoms in total. The number of nitro groups is 1. The fraction of sp³-hybridized carbons (Fsp3) is 0.350. The van der Waals surface area contributed by atoms with E-state index in [1.54, 1.807) is 29.2 Å². The molecule has 2 aliphatic heterocycles. The lowest BCUT2D eigenvalue weighted by atomic mass is 10.1. The molecule has 1 amide bonds. The molecule has 0 radical (unpaired) electrons. The number of hydrogen-bond acceptors (Lipinski definition) is 7. The average molecular weight is 495 g/mol. The number of rotatable bonds is 5. The number of carbonyl (C=O) groups excluding carboxylic acids is 1. The van der Waals surface area contributed by atoms with Crippen molar-refractivity contribution >= 4 is 37.3 Å². The summed E-state index contributed by atoms with van der Waals surface area (Å²) in [6.45, 7) is 0.978. The molecule has 2 aromatic carbocycles. The summed E-state index contributed by atoms with van der Waals surface area (Å²) < 4.78 is 52.4. The molecule has 0 aliphatic carbocycles. The number of benzene rings is 2. The van der Waals surface area contributed by atoms with Crippen LogP contribution in [0.25, 0.3) is 0 Å². The average Bonchev–Trinajstić information content (AvgIpc) is 3.17. The Morgan fingerprint density at radius 3 is 2.03 bits per heavy atom. The van der Waals surface area contributed by atoms with E-state index in [1.807, 2.05) is 0 Å². The molecule has 4 rings (SSSR count). The van der Waals surface area contributed by atoms with Crippen molar-refractivity contribution in [1.29, 1.82) is 0 Å². The zero-order valence-electron chi connectivity index (χ0n) is 17.5. The molecule has 2 aliphatic rings. The normalized spacial score (nSPS) is 18.9. The van der Waals surface area contributed by atoms with Crippen LogP contribution in [-0.4, -0.2) is 75.3 Å². The Balaban J connectivity index is 1.40. The fourth-order valence-corrected chi connectivity index (χ4v) is 6.89. The molecule has 2 aromatic rings. The number of nitro benzene ring substituents is 1. The van der Waals surface area contributed by atoms with Gasteiger partial charge in [0.1, 0.15) is 0 Å². The second kappa shape index (κ2) is 8.72. The maximum absolute atomic E-state index is 12.8. The summed E-state index contributed by atoms with van der Waals surface area (Å²) in [4.78, 5) is 24.5. The molecule has 33 heavy (non-hydrogen) atoms. The lowest BCUT2D eigenvalue weighted by Gasteiger charge is -2.34. The van der Waals surface area contributed by atoms with Crippen molar-refractivity contribution in [2.75, 3.05) is 42.8 Å². The van der Waals surface area contributed by atoms with Crippen molar-refractivity contribution in [1.82, 2.24) is 9.21 Å². The van der Waals surface area contributed by atoms with Gasteiger partial charge in [-0.15, -0.1) is 0 Å². The molecule has 13 heteroatoms. The van der Waals surface area contributed by atoms with E-state index in [4.69, 9.17) is 0 Å². The lowest BCUT2D eigenvalue weighted by Crippen LogP contribution is -2.50. The quantitative estimate of drug-likeness (QED) is 0.451. The molecule has 2 fully saturated rings. The number of non-ortho nitro benzene ring substituents is 1. The van der Waals surface area contributed by atoms with Crippen molar-refractivity contribution in [2.24, 2.45) is 0 Å². The van der Waals surface area contributed by atoms with Gasteiger partial charge in [-0.05, 0) is 42.8 Å². The predicted molar refractivity (Wildman–Crippen MR) is 120 cm³/mol. The second-order valence-corrected chi connectivity index (χ2v) is 11.7. The summed E-state index contributed by atoms with van der Waals surface area (Å²) in [6.07, 6.45) is 0.566. The van der Waals surface area contributed by atoms with Crippen molar-refractivity contribution in [3.05, 3.63) is 64.2 Å². The number of amides is 1. The van der Waals surface area contributed by atoms with Gasteiger partial charge in [0.25, 0.3) is 11.6 Å². The Hall–Kier alpha value is -3.03. The highest BCUT2D eigenvalue weighted by molar-refractivity contribution is 7.93. The van der Waals surface area contributed by atoms with Gasteiger partial charge in [-0.2, -0.15) is 4.31 Å². The summed E-state index contributed by atoms with van der Waals surface area (Å²) in [5, 5.41) is 10.8. The van der Waals surface area contributed by atoms with Gasteiger partial charge < -0.3 is 4.90 Å². The molecule has 2 saturated heterocycles. The van der Waals surface area contributed by atoms with Crippen molar-refractivity contribution < 1.29 is 26.6 Å². The van der Waals surface area contributed by atoms with Crippen LogP contribution in [0.5, 0.6) is 0 Å². The van der Waals surface area contributed by atoms with Crippen molar-refractivity contribution in [3.63, 3.8) is 0 Å². The Bertz CT molecular complexity index is 1270. The highest BCUT2D eigenvalue weighted by Crippen LogP contribution is 2.25. The van der Waals surface area contributed by atoms with Gasteiger partial charge in [-0.1, -0.05) is 0 Å². The lowest BCUT2D eigenvalue weighted by molar-refractivity contribution is -0.384. The predicted octanol–water partition coefficient (Wildman–Crippen LogP) is 1.28. The molecule has 0 N–H and O–H groups in total. The number of piperazine rings is 1. The largest absolute Gasteiger partial charge is 0.336 e. The molecule has 2 heterocycles. The minimum absolute atomic E-state index is 0.0414. The van der Waals surface area contributed by atoms with E-state index < -0.39 is 25.0 Å². The van der Waals surface area contributed by atoms with E-state index in [0.29, 0.717) is 24.2 Å². The van der Waals surface area contributed by atoms with Gasteiger partial charge in [0.2, 0.25) is 20.0 Å². The van der Waals surface area contributed by atoms with Crippen LogP contribution >= 0.6 is 0 Å². The zero-order chi connectivity index (χ0) is 23.8. The third-order valence-corrected chi connectivity index (χ3v) is 9.50. The fourth-order valence-electron chi connectivity index (χ4n) is 3.90. The Morgan fingerprint density at radius 2 is 1.52 bits per heavy atom. The maximum Gasteiger partial charge on any atom is 0.269 e. The SMILES string of the molecule is O=C(c1ccc(N2CCCS2(=O)=O)cc1)N1CCN(S(=O)(=O)c2ccc([N+](=O)[O-])cc2)CC1. The van der Waals surface area contributed by atoms with Crippen LogP contribution in [0, 0.1) is 10.1 Å². The van der Waals surface area contributed by atoms with Crippen LogP contribution in [0.2, 0.25) is 0 Å². The molecule has 0 atom stereocenters. The van der Waals surface area contributed by atoms with Crippen LogP contribution in [0.1, 0.15) is 16.8 Å². The minimum Gasteiger partial charge on any atom is -0.336 e. The minimum atomic E-state index is -3.83. The number of nitrogens with zero attached hydrogens (tertiary/aromatic N) is 4. The van der Waals surface area contributed by atoms with Gasteiger partial charge in [-0.25, -0.2) is 16.8 Å². The number of hydrogen-bond donors (Lipinski definition) is 0. The molecule has 176 valence electrons. The monoisotopic (exact) mass is 494 g/mol. The zero-order valence-corrected chi connectivity index (χ0v) is 19.2. The molecule has 0 spiro atoms. The first-order valence-electron chi connectivity index (χ1n) is 10.2. The first kappa shape index (κ1) is 23.1. The molecular weight excluding hydrogens is 472 g/mol. The van der Waals surface area contributed by atoms with E-state index in [0.717, 1.165) is 12.1 Å². The summed E-state index contributed by atoms with van der Waals surface area (Å²) in [5.41, 5.74) is 0.711. The third kappa shape index (κ3) is 4.56. The summed E-state index contributed by atoms with van der Waals surface area (Å²) >= 11 is 0. The standard InChI is InChI=1S/C20H22N4O7S2/c25-20(16-2-4-17(5-3-16)23-10-1-15-32(23,28)29)21-11-13-22(14-12-21)33(30,31)19-8-6-18(7-9-19)24(26)27/h2-9H,1,10-15H2. The summed E-state index contributed by atoms with van der Waals surface area (Å²) in [5.74, 6) is -0.154. The van der Waals surface area contributed by atoms with E-state index in [-0.39, 0.29) is 48.4 Å².